The third-order valence-corrected chi connectivity index (χ3v) is 5.80. The van der Waals surface area contributed by atoms with Gasteiger partial charge in [-0.25, -0.2) is 9.68 Å². The lowest BCUT2D eigenvalue weighted by Gasteiger charge is -2.49. The quantitative estimate of drug-likeness (QED) is 0.179. The van der Waals surface area contributed by atoms with Gasteiger partial charge in [0.05, 0.1) is 13.2 Å². The standard InChI is InChI=1S/C24H47N7O5/c1-7-8-10-25-20-26-21(28-22(27-20)31(35-15-12-32)36-16-13-33)30(11-9-14-34-6)19-17-23(2,3)29-24(4,5)18-19/h19,29,32-33H,7-18H2,1-6H3,(H,25,26,27,28). The van der Waals surface area contributed by atoms with Crippen LogP contribution in [0.3, 0.4) is 0 Å². The van der Waals surface area contributed by atoms with Gasteiger partial charge in [0.1, 0.15) is 13.2 Å². The molecule has 0 unspecified atom stereocenters. The van der Waals surface area contributed by atoms with Crippen molar-refractivity contribution in [3.05, 3.63) is 0 Å². The number of aliphatic hydroxyl groups is 2. The Kier molecular flexibility index (Phi) is 12.5. The number of ether oxygens (including phenoxy) is 1. The molecule has 0 saturated carbocycles. The average molecular weight is 514 g/mol. The molecule has 12 heteroatoms. The summed E-state index contributed by atoms with van der Waals surface area (Å²) in [7, 11) is 1.70. The van der Waals surface area contributed by atoms with Crippen LogP contribution >= 0.6 is 0 Å². The lowest BCUT2D eigenvalue weighted by atomic mass is 9.79. The summed E-state index contributed by atoms with van der Waals surface area (Å²) < 4.78 is 5.34. The van der Waals surface area contributed by atoms with E-state index in [0.29, 0.717) is 31.6 Å². The van der Waals surface area contributed by atoms with E-state index in [1.165, 1.54) is 0 Å². The molecule has 0 atom stereocenters. The molecule has 1 aliphatic rings. The second kappa shape index (κ2) is 14.8. The zero-order chi connectivity index (χ0) is 26.6. The maximum atomic E-state index is 9.27. The highest BCUT2D eigenvalue weighted by Gasteiger charge is 2.40. The van der Waals surface area contributed by atoms with Gasteiger partial charge in [-0.2, -0.15) is 15.0 Å². The molecule has 1 fully saturated rings. The van der Waals surface area contributed by atoms with Crippen molar-refractivity contribution in [1.82, 2.24) is 20.3 Å². The first-order valence-electron chi connectivity index (χ1n) is 13.0. The van der Waals surface area contributed by atoms with Crippen LogP contribution in [0.25, 0.3) is 0 Å². The summed E-state index contributed by atoms with van der Waals surface area (Å²) in [6, 6.07) is 0.178. The third-order valence-electron chi connectivity index (χ3n) is 5.80. The van der Waals surface area contributed by atoms with Crippen molar-refractivity contribution in [3.63, 3.8) is 0 Å². The van der Waals surface area contributed by atoms with E-state index in [0.717, 1.165) is 37.3 Å². The Morgan fingerprint density at radius 2 is 1.56 bits per heavy atom. The molecule has 0 aromatic carbocycles. The number of anilines is 3. The number of unbranched alkanes of at least 4 members (excludes halogenated alkanes) is 1. The molecular weight excluding hydrogens is 466 g/mol. The first-order chi connectivity index (χ1) is 17.1. The van der Waals surface area contributed by atoms with Crippen LogP contribution in [0, 0.1) is 0 Å². The second-order valence-corrected chi connectivity index (χ2v) is 10.4. The highest BCUT2D eigenvalue weighted by Crippen LogP contribution is 2.33. The Labute approximate surface area is 215 Å². The summed E-state index contributed by atoms with van der Waals surface area (Å²) in [5.41, 5.74) is -0.130. The monoisotopic (exact) mass is 513 g/mol. The second-order valence-electron chi connectivity index (χ2n) is 10.4. The number of piperidine rings is 1. The number of rotatable bonds is 17. The molecule has 36 heavy (non-hydrogen) atoms. The largest absolute Gasteiger partial charge is 0.394 e. The minimum absolute atomic E-state index is 0.0146. The maximum Gasteiger partial charge on any atom is 0.284 e. The van der Waals surface area contributed by atoms with Crippen LogP contribution < -0.4 is 20.8 Å². The molecule has 1 aromatic rings. The molecule has 1 aliphatic heterocycles. The van der Waals surface area contributed by atoms with Crippen molar-refractivity contribution in [2.45, 2.75) is 83.8 Å². The van der Waals surface area contributed by atoms with Gasteiger partial charge in [0.2, 0.25) is 11.9 Å². The lowest BCUT2D eigenvalue weighted by molar-refractivity contribution is -0.106. The number of aliphatic hydroxyl groups excluding tert-OH is 2. The van der Waals surface area contributed by atoms with E-state index >= 15 is 0 Å². The van der Waals surface area contributed by atoms with Crippen LogP contribution in [-0.2, 0) is 14.4 Å². The number of hydrogen-bond donors (Lipinski definition) is 4. The van der Waals surface area contributed by atoms with Crippen LogP contribution in [0.4, 0.5) is 17.8 Å². The Morgan fingerprint density at radius 3 is 2.11 bits per heavy atom. The molecule has 0 bridgehead atoms. The highest BCUT2D eigenvalue weighted by molar-refractivity contribution is 5.44. The van der Waals surface area contributed by atoms with Gasteiger partial charge in [0.15, 0.2) is 0 Å². The molecule has 1 saturated heterocycles. The summed E-state index contributed by atoms with van der Waals surface area (Å²) in [5.74, 6) is 1.07. The number of methoxy groups -OCH3 is 1. The molecule has 2 heterocycles. The van der Waals surface area contributed by atoms with Crippen LogP contribution in [0.15, 0.2) is 0 Å². The van der Waals surface area contributed by atoms with Gasteiger partial charge >= 0.3 is 0 Å². The van der Waals surface area contributed by atoms with E-state index in [1.807, 2.05) is 0 Å². The number of hydrogen-bond acceptors (Lipinski definition) is 12. The molecule has 1 aromatic heterocycles. The molecule has 12 nitrogen and oxygen atoms in total. The number of nitrogens with one attached hydrogen (secondary N) is 2. The predicted octanol–water partition coefficient (Wildman–Crippen LogP) is 1.89. The van der Waals surface area contributed by atoms with Crippen molar-refractivity contribution < 1.29 is 24.6 Å². The normalized spacial score (nSPS) is 17.2. The zero-order valence-electron chi connectivity index (χ0n) is 22.9. The lowest BCUT2D eigenvalue weighted by Crippen LogP contribution is -2.62. The fourth-order valence-electron chi connectivity index (χ4n) is 4.73. The van der Waals surface area contributed by atoms with E-state index in [9.17, 15) is 10.2 Å². The highest BCUT2D eigenvalue weighted by atomic mass is 17.0. The summed E-state index contributed by atoms with van der Waals surface area (Å²) in [4.78, 5) is 27.3. The van der Waals surface area contributed by atoms with Crippen molar-refractivity contribution in [1.29, 1.82) is 0 Å². The Morgan fingerprint density at radius 1 is 0.944 bits per heavy atom. The summed E-state index contributed by atoms with van der Waals surface area (Å²) in [6.45, 7) is 12.6. The third kappa shape index (κ3) is 9.91. The van der Waals surface area contributed by atoms with E-state index in [2.05, 4.69) is 55.1 Å². The smallest absolute Gasteiger partial charge is 0.284 e. The van der Waals surface area contributed by atoms with Crippen LogP contribution in [-0.4, -0.2) is 95.5 Å². The molecule has 0 aliphatic carbocycles. The van der Waals surface area contributed by atoms with Crippen LogP contribution in [0.5, 0.6) is 0 Å². The SMILES string of the molecule is CCCCNc1nc(N(OCCO)OCCO)nc(N(CCCOC)C2CC(C)(C)NC(C)(C)C2)n1. The van der Waals surface area contributed by atoms with Crippen molar-refractivity contribution >= 4 is 17.8 Å². The maximum absolute atomic E-state index is 9.27. The minimum Gasteiger partial charge on any atom is -0.394 e. The van der Waals surface area contributed by atoms with Crippen LogP contribution in [0.2, 0.25) is 0 Å². The van der Waals surface area contributed by atoms with Crippen molar-refractivity contribution in [3.8, 4) is 0 Å². The first kappa shape index (κ1) is 30.4. The predicted molar refractivity (Wildman–Crippen MR) is 140 cm³/mol. The first-order valence-corrected chi connectivity index (χ1v) is 13.0. The van der Waals surface area contributed by atoms with Crippen LogP contribution in [0.1, 0.15) is 66.7 Å². The Balaban J connectivity index is 2.49. The molecule has 2 rings (SSSR count). The fourth-order valence-corrected chi connectivity index (χ4v) is 4.73. The topological polar surface area (TPSA) is 137 Å². The minimum atomic E-state index is -0.207. The van der Waals surface area contributed by atoms with Gasteiger partial charge in [-0.15, -0.1) is 0 Å². The van der Waals surface area contributed by atoms with Gasteiger partial charge in [-0.3, -0.25) is 0 Å². The summed E-state index contributed by atoms with van der Waals surface area (Å²) >= 11 is 0. The van der Waals surface area contributed by atoms with Gasteiger partial charge in [0.25, 0.3) is 5.95 Å². The van der Waals surface area contributed by atoms with Crippen molar-refractivity contribution in [2.75, 3.05) is 68.7 Å². The van der Waals surface area contributed by atoms with E-state index in [4.69, 9.17) is 24.4 Å². The Hall–Kier alpha value is -1.83. The fraction of sp³-hybridized carbons (Fsp3) is 0.875. The zero-order valence-corrected chi connectivity index (χ0v) is 22.9. The van der Waals surface area contributed by atoms with Crippen molar-refractivity contribution in [2.24, 2.45) is 0 Å². The van der Waals surface area contributed by atoms with E-state index < -0.39 is 0 Å². The molecule has 0 amide bonds. The average Bonchev–Trinajstić information content (AvgIpc) is 2.80. The Bertz CT molecular complexity index is 744. The van der Waals surface area contributed by atoms with Gasteiger partial charge < -0.3 is 30.5 Å². The summed E-state index contributed by atoms with van der Waals surface area (Å²) in [6.07, 6.45) is 4.64. The molecule has 4 N–H and O–H groups in total. The number of aromatic nitrogens is 3. The molecule has 0 radical (unpaired) electrons. The molecular formula is C24H47N7O5. The van der Waals surface area contributed by atoms with Gasteiger partial charge in [-0.05, 0) is 53.4 Å². The number of nitrogens with zero attached hydrogens (tertiary/aromatic N) is 5. The van der Waals surface area contributed by atoms with E-state index in [1.54, 1.807) is 7.11 Å². The van der Waals surface area contributed by atoms with Gasteiger partial charge in [0, 0.05) is 43.9 Å². The van der Waals surface area contributed by atoms with Gasteiger partial charge in [-0.1, -0.05) is 18.6 Å². The molecule has 0 spiro atoms. The summed E-state index contributed by atoms with van der Waals surface area (Å²) in [5, 5.41) is 26.6. The molecule has 208 valence electrons. The van der Waals surface area contributed by atoms with E-state index in [-0.39, 0.29) is 49.5 Å².